The Labute approximate surface area is 106 Å². The van der Waals surface area contributed by atoms with E-state index >= 15 is 0 Å². The second-order valence-electron chi connectivity index (χ2n) is 6.38. The van der Waals surface area contributed by atoms with Gasteiger partial charge >= 0.3 is 0 Å². The standard InChI is InChI=1S/C14H28N2O/c1-5-14(3,4)15-8-11(2)16-9-12-6-7-13(10-16)17-12/h11-13,15H,5-10H2,1-4H3. The molecule has 17 heavy (non-hydrogen) atoms. The van der Waals surface area contributed by atoms with Gasteiger partial charge in [0, 0.05) is 31.2 Å². The number of morpholine rings is 1. The van der Waals surface area contributed by atoms with Crippen molar-refractivity contribution in [1.29, 1.82) is 0 Å². The molecule has 0 spiro atoms. The Balaban J connectivity index is 1.78. The SMILES string of the molecule is CCC(C)(C)NCC(C)N1CC2CCC(C1)O2. The van der Waals surface area contributed by atoms with Crippen molar-refractivity contribution in [3.8, 4) is 0 Å². The summed E-state index contributed by atoms with van der Waals surface area (Å²) in [6, 6.07) is 0.618. The highest BCUT2D eigenvalue weighted by molar-refractivity contribution is 4.88. The third kappa shape index (κ3) is 3.43. The molecule has 0 aromatic heterocycles. The van der Waals surface area contributed by atoms with Crippen LogP contribution in [-0.4, -0.2) is 48.3 Å². The third-order valence-corrected chi connectivity index (χ3v) is 4.46. The number of nitrogens with one attached hydrogen (secondary N) is 1. The topological polar surface area (TPSA) is 24.5 Å². The highest BCUT2D eigenvalue weighted by Crippen LogP contribution is 2.27. The van der Waals surface area contributed by atoms with Crippen LogP contribution >= 0.6 is 0 Å². The molecule has 0 amide bonds. The van der Waals surface area contributed by atoms with Crippen molar-refractivity contribution in [1.82, 2.24) is 10.2 Å². The van der Waals surface area contributed by atoms with Crippen molar-refractivity contribution in [3.05, 3.63) is 0 Å². The van der Waals surface area contributed by atoms with Crippen LogP contribution in [0.4, 0.5) is 0 Å². The molecule has 0 aliphatic carbocycles. The molecule has 2 aliphatic heterocycles. The molecule has 0 saturated carbocycles. The third-order valence-electron chi connectivity index (χ3n) is 4.46. The minimum absolute atomic E-state index is 0.263. The number of rotatable bonds is 5. The van der Waals surface area contributed by atoms with Crippen molar-refractivity contribution >= 4 is 0 Å². The van der Waals surface area contributed by atoms with Crippen molar-refractivity contribution in [2.24, 2.45) is 0 Å². The van der Waals surface area contributed by atoms with Crippen LogP contribution in [0.25, 0.3) is 0 Å². The largest absolute Gasteiger partial charge is 0.372 e. The maximum absolute atomic E-state index is 5.88. The molecule has 0 aromatic rings. The normalized spacial score (nSPS) is 31.8. The van der Waals surface area contributed by atoms with Crippen molar-refractivity contribution < 1.29 is 4.74 Å². The van der Waals surface area contributed by atoms with E-state index in [4.69, 9.17) is 4.74 Å². The number of fused-ring (bicyclic) bond motifs is 2. The van der Waals surface area contributed by atoms with E-state index in [1.54, 1.807) is 0 Å². The predicted molar refractivity (Wildman–Crippen MR) is 71.3 cm³/mol. The molecule has 2 rings (SSSR count). The Bertz CT molecular complexity index is 243. The van der Waals surface area contributed by atoms with E-state index in [0.29, 0.717) is 18.2 Å². The van der Waals surface area contributed by atoms with Crippen LogP contribution < -0.4 is 5.32 Å². The fraction of sp³-hybridized carbons (Fsp3) is 1.00. The molecule has 2 fully saturated rings. The minimum atomic E-state index is 0.263. The quantitative estimate of drug-likeness (QED) is 0.795. The molecule has 2 heterocycles. The van der Waals surface area contributed by atoms with Gasteiger partial charge in [-0.3, -0.25) is 4.90 Å². The average molecular weight is 240 g/mol. The van der Waals surface area contributed by atoms with Gasteiger partial charge < -0.3 is 10.1 Å². The summed E-state index contributed by atoms with van der Waals surface area (Å²) in [6.07, 6.45) is 4.73. The second kappa shape index (κ2) is 5.25. The van der Waals surface area contributed by atoms with E-state index in [9.17, 15) is 0 Å². The monoisotopic (exact) mass is 240 g/mol. The van der Waals surface area contributed by atoms with Gasteiger partial charge in [0.25, 0.3) is 0 Å². The van der Waals surface area contributed by atoms with Gasteiger partial charge in [0.1, 0.15) is 0 Å². The van der Waals surface area contributed by atoms with E-state index < -0.39 is 0 Å². The summed E-state index contributed by atoms with van der Waals surface area (Å²) in [7, 11) is 0. The predicted octanol–water partition coefficient (Wildman–Crippen LogP) is 2.02. The smallest absolute Gasteiger partial charge is 0.0707 e. The summed E-state index contributed by atoms with van der Waals surface area (Å²) in [5.41, 5.74) is 0.263. The van der Waals surface area contributed by atoms with Gasteiger partial charge in [0.15, 0.2) is 0 Å². The van der Waals surface area contributed by atoms with Gasteiger partial charge in [-0.15, -0.1) is 0 Å². The first-order valence-corrected chi connectivity index (χ1v) is 7.14. The highest BCUT2D eigenvalue weighted by Gasteiger charge is 2.35. The van der Waals surface area contributed by atoms with Gasteiger partial charge in [-0.2, -0.15) is 0 Å². The fourth-order valence-electron chi connectivity index (χ4n) is 2.68. The van der Waals surface area contributed by atoms with Crippen LogP contribution in [0.3, 0.4) is 0 Å². The molecule has 1 N–H and O–H groups in total. The van der Waals surface area contributed by atoms with Gasteiger partial charge in [0.2, 0.25) is 0 Å². The average Bonchev–Trinajstić information content (AvgIpc) is 2.65. The summed E-state index contributed by atoms with van der Waals surface area (Å²) in [5.74, 6) is 0. The van der Waals surface area contributed by atoms with Crippen LogP contribution in [0, 0.1) is 0 Å². The van der Waals surface area contributed by atoms with E-state index in [-0.39, 0.29) is 5.54 Å². The molecule has 2 bridgehead atoms. The molecule has 2 aliphatic rings. The van der Waals surface area contributed by atoms with Crippen LogP contribution in [-0.2, 0) is 4.74 Å². The highest BCUT2D eigenvalue weighted by atomic mass is 16.5. The van der Waals surface area contributed by atoms with Crippen LogP contribution in [0.1, 0.15) is 47.0 Å². The molecule has 3 atom stereocenters. The van der Waals surface area contributed by atoms with Crippen LogP contribution in [0.15, 0.2) is 0 Å². The molecular weight excluding hydrogens is 212 g/mol. The van der Waals surface area contributed by atoms with E-state index in [1.807, 2.05) is 0 Å². The summed E-state index contributed by atoms with van der Waals surface area (Å²) in [5, 5.41) is 3.67. The molecular formula is C14H28N2O. The molecule has 0 radical (unpaired) electrons. The van der Waals surface area contributed by atoms with Gasteiger partial charge in [0.05, 0.1) is 12.2 Å². The first-order valence-electron chi connectivity index (χ1n) is 7.14. The Morgan fingerprint density at radius 2 is 1.88 bits per heavy atom. The number of nitrogens with zero attached hydrogens (tertiary/aromatic N) is 1. The zero-order valence-corrected chi connectivity index (χ0v) is 11.8. The van der Waals surface area contributed by atoms with Gasteiger partial charge in [-0.25, -0.2) is 0 Å². The lowest BCUT2D eigenvalue weighted by molar-refractivity contribution is -0.0506. The first-order chi connectivity index (χ1) is 8.00. The van der Waals surface area contributed by atoms with Crippen molar-refractivity contribution in [2.45, 2.75) is 70.7 Å². The molecule has 3 unspecified atom stereocenters. The van der Waals surface area contributed by atoms with Crippen molar-refractivity contribution in [2.75, 3.05) is 19.6 Å². The molecule has 3 nitrogen and oxygen atoms in total. The Morgan fingerprint density at radius 3 is 2.41 bits per heavy atom. The second-order valence-corrected chi connectivity index (χ2v) is 6.38. The van der Waals surface area contributed by atoms with E-state index in [0.717, 1.165) is 19.6 Å². The molecule has 0 aromatic carbocycles. The summed E-state index contributed by atoms with van der Waals surface area (Å²) >= 11 is 0. The molecule has 3 heteroatoms. The van der Waals surface area contributed by atoms with Crippen molar-refractivity contribution in [3.63, 3.8) is 0 Å². The number of hydrogen-bond donors (Lipinski definition) is 1. The number of likely N-dealkylation sites (tertiary alicyclic amines) is 1. The Morgan fingerprint density at radius 1 is 1.29 bits per heavy atom. The minimum Gasteiger partial charge on any atom is -0.372 e. The lowest BCUT2D eigenvalue weighted by Gasteiger charge is -2.38. The lowest BCUT2D eigenvalue weighted by atomic mass is 10.0. The fourth-order valence-corrected chi connectivity index (χ4v) is 2.68. The lowest BCUT2D eigenvalue weighted by Crippen LogP contribution is -2.52. The number of hydrogen-bond acceptors (Lipinski definition) is 3. The van der Waals surface area contributed by atoms with Crippen LogP contribution in [0.2, 0.25) is 0 Å². The zero-order chi connectivity index (χ0) is 12.5. The molecule has 100 valence electrons. The van der Waals surface area contributed by atoms with E-state index in [2.05, 4.69) is 37.9 Å². The zero-order valence-electron chi connectivity index (χ0n) is 11.8. The van der Waals surface area contributed by atoms with E-state index in [1.165, 1.54) is 19.3 Å². The maximum atomic E-state index is 5.88. The molecule has 2 saturated heterocycles. The summed E-state index contributed by atoms with van der Waals surface area (Å²) in [6.45, 7) is 12.5. The Hall–Kier alpha value is -0.120. The summed E-state index contributed by atoms with van der Waals surface area (Å²) in [4.78, 5) is 2.60. The van der Waals surface area contributed by atoms with Crippen LogP contribution in [0.5, 0.6) is 0 Å². The first kappa shape index (κ1) is 13.3. The Kier molecular flexibility index (Phi) is 4.11. The number of ether oxygens (including phenoxy) is 1. The van der Waals surface area contributed by atoms with Gasteiger partial charge in [-0.1, -0.05) is 6.92 Å². The maximum Gasteiger partial charge on any atom is 0.0707 e. The summed E-state index contributed by atoms with van der Waals surface area (Å²) < 4.78 is 5.88. The van der Waals surface area contributed by atoms with Gasteiger partial charge in [-0.05, 0) is 40.0 Å².